The van der Waals surface area contributed by atoms with Crippen molar-refractivity contribution in [1.29, 1.82) is 0 Å². The first kappa shape index (κ1) is 15.4. The minimum Gasteiger partial charge on any atom is -0.481 e. The molecule has 4 rings (SSSR count). The molecule has 0 amide bonds. The molecule has 1 spiro atoms. The van der Waals surface area contributed by atoms with Gasteiger partial charge < -0.3 is 10.2 Å². The summed E-state index contributed by atoms with van der Waals surface area (Å²) < 4.78 is 0. The smallest absolute Gasteiger partial charge is 0.309 e. The Bertz CT molecular complexity index is 618. The van der Waals surface area contributed by atoms with E-state index in [1.54, 1.807) is 0 Å². The monoisotopic (exact) mass is 316 g/mol. The molecule has 2 saturated carbocycles. The molecule has 4 aliphatic rings. The minimum atomic E-state index is -0.614. The second-order valence-electron chi connectivity index (χ2n) is 8.87. The predicted octanol–water partition coefficient (Wildman–Crippen LogP) is 3.93. The molecule has 0 radical (unpaired) electrons. The Kier molecular flexibility index (Phi) is 3.17. The van der Waals surface area contributed by atoms with Crippen LogP contribution in [0.4, 0.5) is 0 Å². The van der Waals surface area contributed by atoms with Crippen molar-refractivity contribution in [2.45, 2.75) is 58.8 Å². The van der Waals surface area contributed by atoms with Gasteiger partial charge in [0.1, 0.15) is 0 Å². The van der Waals surface area contributed by atoms with Gasteiger partial charge in [-0.2, -0.15) is 0 Å². The van der Waals surface area contributed by atoms with Crippen molar-refractivity contribution in [3.05, 3.63) is 23.3 Å². The molecule has 3 heteroatoms. The highest BCUT2D eigenvalue weighted by Gasteiger charge is 2.61. The van der Waals surface area contributed by atoms with Gasteiger partial charge in [-0.15, -0.1) is 0 Å². The number of hydrogen-bond acceptors (Lipinski definition) is 2. The van der Waals surface area contributed by atoms with Gasteiger partial charge >= 0.3 is 5.97 Å². The van der Waals surface area contributed by atoms with Crippen LogP contribution >= 0.6 is 0 Å². The number of carbonyl (C=O) groups is 1. The summed E-state index contributed by atoms with van der Waals surface area (Å²) in [6, 6.07) is 0. The number of aliphatic hydroxyl groups is 1. The lowest BCUT2D eigenvalue weighted by molar-refractivity contribution is -0.161. The Hall–Kier alpha value is -1.09. The molecule has 0 aliphatic heterocycles. The third-order valence-corrected chi connectivity index (χ3v) is 7.84. The van der Waals surface area contributed by atoms with Crippen molar-refractivity contribution in [1.82, 2.24) is 0 Å². The number of allylic oxidation sites excluding steroid dienone is 3. The maximum absolute atomic E-state index is 12.0. The van der Waals surface area contributed by atoms with E-state index in [-0.39, 0.29) is 23.4 Å². The molecule has 5 atom stereocenters. The van der Waals surface area contributed by atoms with Crippen LogP contribution in [-0.4, -0.2) is 22.8 Å². The van der Waals surface area contributed by atoms with E-state index in [4.69, 9.17) is 0 Å². The maximum atomic E-state index is 12.0. The molecule has 0 heterocycles. The number of fused-ring (bicyclic) bond motifs is 3. The van der Waals surface area contributed by atoms with Crippen molar-refractivity contribution in [3.8, 4) is 0 Å². The molecule has 0 unspecified atom stereocenters. The van der Waals surface area contributed by atoms with E-state index < -0.39 is 11.4 Å². The van der Waals surface area contributed by atoms with E-state index in [1.807, 2.05) is 6.92 Å². The van der Waals surface area contributed by atoms with Crippen LogP contribution in [0.2, 0.25) is 0 Å². The van der Waals surface area contributed by atoms with Gasteiger partial charge in [0.2, 0.25) is 0 Å². The molecule has 23 heavy (non-hydrogen) atoms. The predicted molar refractivity (Wildman–Crippen MR) is 88.8 cm³/mol. The molecule has 0 saturated heterocycles. The number of hydrogen-bond donors (Lipinski definition) is 2. The average Bonchev–Trinajstić information content (AvgIpc) is 2.77. The largest absolute Gasteiger partial charge is 0.481 e. The second-order valence-corrected chi connectivity index (χ2v) is 8.87. The van der Waals surface area contributed by atoms with E-state index in [1.165, 1.54) is 11.1 Å². The van der Waals surface area contributed by atoms with Gasteiger partial charge in [-0.05, 0) is 68.3 Å². The SMILES string of the molecule is C[C@@]1(C(=O)O)CCC[C@@]2(C)C3=CC[C@H]4C[C@]3(C=C4CO)CC[C@H]12. The number of carboxylic acid groups (broad SMARTS) is 1. The van der Waals surface area contributed by atoms with Gasteiger partial charge in [0.05, 0.1) is 12.0 Å². The lowest BCUT2D eigenvalue weighted by atomic mass is 9.44. The topological polar surface area (TPSA) is 57.5 Å². The zero-order valence-electron chi connectivity index (χ0n) is 14.3. The Morgan fingerprint density at radius 2 is 2.09 bits per heavy atom. The van der Waals surface area contributed by atoms with Gasteiger partial charge in [0.25, 0.3) is 0 Å². The van der Waals surface area contributed by atoms with Crippen LogP contribution < -0.4 is 0 Å². The average molecular weight is 316 g/mol. The normalized spacial score (nSPS) is 48.1. The summed E-state index contributed by atoms with van der Waals surface area (Å²) in [4.78, 5) is 12.0. The molecule has 0 aromatic heterocycles. The summed E-state index contributed by atoms with van der Waals surface area (Å²) in [5.74, 6) is 0.135. The van der Waals surface area contributed by atoms with E-state index >= 15 is 0 Å². The number of rotatable bonds is 2. The lowest BCUT2D eigenvalue weighted by Crippen LogP contribution is -2.54. The van der Waals surface area contributed by atoms with Gasteiger partial charge in [0, 0.05) is 5.41 Å². The Balaban J connectivity index is 1.80. The van der Waals surface area contributed by atoms with E-state index in [2.05, 4.69) is 19.1 Å². The Labute approximate surface area is 138 Å². The molecule has 2 N–H and O–H groups in total. The highest BCUT2D eigenvalue weighted by molar-refractivity contribution is 5.75. The van der Waals surface area contributed by atoms with Gasteiger partial charge in [-0.1, -0.05) is 31.1 Å². The zero-order valence-corrected chi connectivity index (χ0v) is 14.3. The molecular formula is C20H28O3. The fraction of sp³-hybridized carbons (Fsp3) is 0.750. The highest BCUT2D eigenvalue weighted by atomic mass is 16.4. The van der Waals surface area contributed by atoms with E-state index in [9.17, 15) is 15.0 Å². The zero-order chi connectivity index (χ0) is 16.5. The fourth-order valence-electron chi connectivity index (χ4n) is 6.77. The Morgan fingerprint density at radius 3 is 2.78 bits per heavy atom. The van der Waals surface area contributed by atoms with Gasteiger partial charge in [-0.25, -0.2) is 0 Å². The van der Waals surface area contributed by atoms with Crippen molar-refractivity contribution in [2.75, 3.05) is 6.61 Å². The van der Waals surface area contributed by atoms with Crippen molar-refractivity contribution in [2.24, 2.45) is 28.1 Å². The molecule has 0 aromatic rings. The Morgan fingerprint density at radius 1 is 1.30 bits per heavy atom. The molecule has 126 valence electrons. The maximum Gasteiger partial charge on any atom is 0.309 e. The van der Waals surface area contributed by atoms with Crippen molar-refractivity contribution >= 4 is 5.97 Å². The number of carboxylic acids is 1. The van der Waals surface area contributed by atoms with Crippen LogP contribution in [0, 0.1) is 28.1 Å². The summed E-state index contributed by atoms with van der Waals surface area (Å²) >= 11 is 0. The highest BCUT2D eigenvalue weighted by Crippen LogP contribution is 2.69. The fourth-order valence-corrected chi connectivity index (χ4v) is 6.77. The first-order valence-corrected chi connectivity index (χ1v) is 9.13. The summed E-state index contributed by atoms with van der Waals surface area (Å²) in [5.41, 5.74) is 2.26. The summed E-state index contributed by atoms with van der Waals surface area (Å²) in [6.07, 6.45) is 11.9. The summed E-state index contributed by atoms with van der Waals surface area (Å²) in [5, 5.41) is 19.6. The van der Waals surface area contributed by atoms with Crippen molar-refractivity contribution < 1.29 is 15.0 Å². The second kappa shape index (κ2) is 4.72. The minimum absolute atomic E-state index is 0.00994. The summed E-state index contributed by atoms with van der Waals surface area (Å²) in [7, 11) is 0. The molecule has 2 fully saturated rings. The third kappa shape index (κ3) is 1.83. The number of aliphatic hydroxyl groups excluding tert-OH is 1. The van der Waals surface area contributed by atoms with Gasteiger partial charge in [-0.3, -0.25) is 4.79 Å². The third-order valence-electron chi connectivity index (χ3n) is 7.84. The standard InChI is InChI=1S/C20H28O3/c1-18-7-3-8-19(2,17(22)23)15(18)6-9-20-10-13(4-5-16(18)20)14(11-20)12-21/h5,11,13,15,21H,3-4,6-10,12H2,1-2H3,(H,22,23)/t13-,15-,18+,19+,20-/m0/s1. The van der Waals surface area contributed by atoms with Crippen LogP contribution in [-0.2, 0) is 4.79 Å². The first-order valence-electron chi connectivity index (χ1n) is 9.13. The summed E-state index contributed by atoms with van der Waals surface area (Å²) in [6.45, 7) is 4.49. The van der Waals surface area contributed by atoms with Crippen molar-refractivity contribution in [3.63, 3.8) is 0 Å². The number of aliphatic carboxylic acids is 1. The van der Waals surface area contributed by atoms with E-state index in [0.29, 0.717) is 5.92 Å². The van der Waals surface area contributed by atoms with E-state index in [0.717, 1.165) is 44.9 Å². The molecular weight excluding hydrogens is 288 g/mol. The molecule has 4 aliphatic carbocycles. The van der Waals surface area contributed by atoms with Crippen LogP contribution in [0.3, 0.4) is 0 Å². The van der Waals surface area contributed by atoms with Crippen LogP contribution in [0.1, 0.15) is 58.8 Å². The quantitative estimate of drug-likeness (QED) is 0.759. The first-order chi connectivity index (χ1) is 10.9. The molecule has 2 bridgehead atoms. The molecule has 3 nitrogen and oxygen atoms in total. The van der Waals surface area contributed by atoms with Crippen LogP contribution in [0.15, 0.2) is 23.3 Å². The molecule has 0 aromatic carbocycles. The van der Waals surface area contributed by atoms with Crippen LogP contribution in [0.25, 0.3) is 0 Å². The lowest BCUT2D eigenvalue weighted by Gasteiger charge is -2.59. The van der Waals surface area contributed by atoms with Crippen LogP contribution in [0.5, 0.6) is 0 Å². The van der Waals surface area contributed by atoms with Gasteiger partial charge in [0.15, 0.2) is 0 Å².